The van der Waals surface area contributed by atoms with E-state index in [1.54, 1.807) is 0 Å². The zero-order valence-electron chi connectivity index (χ0n) is 9.71. The summed E-state index contributed by atoms with van der Waals surface area (Å²) in [6, 6.07) is 0. The monoisotopic (exact) mass is 246 g/mol. The Kier molecular flexibility index (Phi) is 3.75. The van der Waals surface area contributed by atoms with Gasteiger partial charge in [0.1, 0.15) is 0 Å². The summed E-state index contributed by atoms with van der Waals surface area (Å²) < 4.78 is 10.7. The molecule has 0 bridgehead atoms. The van der Waals surface area contributed by atoms with Gasteiger partial charge in [-0.3, -0.25) is 4.79 Å². The Morgan fingerprint density at radius 1 is 1.50 bits per heavy atom. The molecule has 0 radical (unpaired) electrons. The minimum absolute atomic E-state index is 0.0592. The van der Waals surface area contributed by atoms with Gasteiger partial charge >= 0.3 is 5.97 Å². The maximum atomic E-state index is 11.9. The number of esters is 1. The second kappa shape index (κ2) is 4.92. The fourth-order valence-electron chi connectivity index (χ4n) is 2.34. The summed E-state index contributed by atoms with van der Waals surface area (Å²) in [6.45, 7) is 2.49. The Labute approximate surface area is 101 Å². The van der Waals surface area contributed by atoms with Gasteiger partial charge in [0.25, 0.3) is 0 Å². The first-order valence-electron chi connectivity index (χ1n) is 6.04. The lowest BCUT2D eigenvalue weighted by Crippen LogP contribution is -2.35. The smallest absolute Gasteiger partial charge is 0.311 e. The SMILES string of the molecule is C[C@]1(C(=O)OCCCCCl)CC[C@H]2O[C@H]2C1. The van der Waals surface area contributed by atoms with Gasteiger partial charge in [0.05, 0.1) is 24.2 Å². The highest BCUT2D eigenvalue weighted by Gasteiger charge is 2.52. The molecule has 1 saturated carbocycles. The van der Waals surface area contributed by atoms with Crippen LogP contribution in [0.15, 0.2) is 0 Å². The molecule has 1 aliphatic carbocycles. The zero-order valence-corrected chi connectivity index (χ0v) is 10.5. The van der Waals surface area contributed by atoms with Gasteiger partial charge in [-0.2, -0.15) is 0 Å². The number of epoxide rings is 1. The van der Waals surface area contributed by atoms with Crippen LogP contribution in [-0.4, -0.2) is 30.7 Å². The molecule has 1 saturated heterocycles. The van der Waals surface area contributed by atoms with Crippen LogP contribution in [0, 0.1) is 5.41 Å². The molecule has 3 nitrogen and oxygen atoms in total. The molecular formula is C12H19ClO3. The zero-order chi connectivity index (χ0) is 11.6. The molecule has 0 aromatic heterocycles. The lowest BCUT2D eigenvalue weighted by molar-refractivity contribution is -0.156. The van der Waals surface area contributed by atoms with Crippen molar-refractivity contribution in [2.45, 2.75) is 51.2 Å². The summed E-state index contributed by atoms with van der Waals surface area (Å²) in [5.74, 6) is 0.572. The number of unbranched alkanes of at least 4 members (excludes halogenated alkanes) is 1. The molecule has 3 atom stereocenters. The van der Waals surface area contributed by atoms with E-state index in [1.807, 2.05) is 6.92 Å². The van der Waals surface area contributed by atoms with Gasteiger partial charge in [-0.15, -0.1) is 11.6 Å². The van der Waals surface area contributed by atoms with Crippen LogP contribution < -0.4 is 0 Å². The maximum Gasteiger partial charge on any atom is 0.311 e. The Morgan fingerprint density at radius 2 is 2.31 bits per heavy atom. The molecule has 1 heterocycles. The average Bonchev–Trinajstić information content (AvgIpc) is 3.02. The predicted octanol–water partition coefficient (Wildman–Crippen LogP) is 2.51. The van der Waals surface area contributed by atoms with E-state index in [4.69, 9.17) is 21.1 Å². The first-order chi connectivity index (χ1) is 7.65. The molecule has 0 aromatic rings. The van der Waals surface area contributed by atoms with Crippen molar-refractivity contribution in [1.29, 1.82) is 0 Å². The van der Waals surface area contributed by atoms with Gasteiger partial charge in [0, 0.05) is 5.88 Å². The number of carbonyl (C=O) groups excluding carboxylic acids is 1. The number of fused-ring (bicyclic) bond motifs is 1. The topological polar surface area (TPSA) is 38.8 Å². The van der Waals surface area contributed by atoms with Gasteiger partial charge in [-0.1, -0.05) is 0 Å². The molecule has 0 amide bonds. The summed E-state index contributed by atoms with van der Waals surface area (Å²) in [5.41, 5.74) is -0.321. The lowest BCUT2D eigenvalue weighted by atomic mass is 9.76. The fraction of sp³-hybridized carbons (Fsp3) is 0.917. The standard InChI is InChI=1S/C12H19ClO3/c1-12(5-4-9-10(8-12)16-9)11(14)15-7-3-2-6-13/h9-10H,2-8H2,1H3/t9-,10+,12+/m1/s1. The molecule has 2 fully saturated rings. The molecule has 2 rings (SSSR count). The van der Waals surface area contributed by atoms with Crippen molar-refractivity contribution in [2.75, 3.05) is 12.5 Å². The predicted molar refractivity (Wildman–Crippen MR) is 61.5 cm³/mol. The number of alkyl halides is 1. The minimum Gasteiger partial charge on any atom is -0.465 e. The van der Waals surface area contributed by atoms with E-state index in [9.17, 15) is 4.79 Å². The third kappa shape index (κ3) is 2.69. The van der Waals surface area contributed by atoms with Crippen molar-refractivity contribution in [1.82, 2.24) is 0 Å². The summed E-state index contributed by atoms with van der Waals surface area (Å²) in [7, 11) is 0. The Bertz CT molecular complexity index is 269. The first-order valence-corrected chi connectivity index (χ1v) is 6.58. The number of hydrogen-bond donors (Lipinski definition) is 0. The van der Waals surface area contributed by atoms with Gasteiger partial charge in [0.2, 0.25) is 0 Å². The van der Waals surface area contributed by atoms with E-state index < -0.39 is 0 Å². The summed E-state index contributed by atoms with van der Waals surface area (Å²) in [5, 5.41) is 0. The van der Waals surface area contributed by atoms with Crippen LogP contribution in [0.25, 0.3) is 0 Å². The summed E-state index contributed by atoms with van der Waals surface area (Å²) in [4.78, 5) is 11.9. The molecule has 16 heavy (non-hydrogen) atoms. The van der Waals surface area contributed by atoms with Crippen LogP contribution in [-0.2, 0) is 14.3 Å². The maximum absolute atomic E-state index is 11.9. The van der Waals surface area contributed by atoms with Crippen LogP contribution in [0.1, 0.15) is 39.0 Å². The van der Waals surface area contributed by atoms with Crippen LogP contribution in [0.5, 0.6) is 0 Å². The molecule has 1 aliphatic heterocycles. The highest BCUT2D eigenvalue weighted by atomic mass is 35.5. The van der Waals surface area contributed by atoms with E-state index in [2.05, 4.69) is 0 Å². The van der Waals surface area contributed by atoms with E-state index in [1.165, 1.54) is 0 Å². The molecule has 0 unspecified atom stereocenters. The van der Waals surface area contributed by atoms with Crippen molar-refractivity contribution < 1.29 is 14.3 Å². The second-order valence-corrected chi connectivity index (χ2v) is 5.43. The normalized spacial score (nSPS) is 36.6. The Balaban J connectivity index is 1.74. The number of ether oxygens (including phenoxy) is 2. The largest absolute Gasteiger partial charge is 0.465 e. The lowest BCUT2D eigenvalue weighted by Gasteiger charge is -2.28. The van der Waals surface area contributed by atoms with Crippen molar-refractivity contribution in [3.05, 3.63) is 0 Å². The van der Waals surface area contributed by atoms with Gasteiger partial charge < -0.3 is 9.47 Å². The van der Waals surface area contributed by atoms with Crippen molar-refractivity contribution in [3.63, 3.8) is 0 Å². The molecule has 0 spiro atoms. The highest BCUT2D eigenvalue weighted by Crippen LogP contribution is 2.46. The van der Waals surface area contributed by atoms with Crippen molar-refractivity contribution in [2.24, 2.45) is 5.41 Å². The van der Waals surface area contributed by atoms with Crippen LogP contribution in [0.4, 0.5) is 0 Å². The molecule has 2 aliphatic rings. The number of halogens is 1. The van der Waals surface area contributed by atoms with Crippen molar-refractivity contribution >= 4 is 17.6 Å². The third-order valence-electron chi connectivity index (χ3n) is 3.57. The highest BCUT2D eigenvalue weighted by molar-refractivity contribution is 6.17. The third-order valence-corrected chi connectivity index (χ3v) is 3.84. The van der Waals surface area contributed by atoms with E-state index >= 15 is 0 Å². The van der Waals surface area contributed by atoms with Crippen LogP contribution in [0.2, 0.25) is 0 Å². The average molecular weight is 247 g/mol. The Morgan fingerprint density at radius 3 is 3.00 bits per heavy atom. The molecule has 0 N–H and O–H groups in total. The fourth-order valence-corrected chi connectivity index (χ4v) is 2.53. The Hall–Kier alpha value is -0.280. The summed E-state index contributed by atoms with van der Waals surface area (Å²) >= 11 is 5.56. The number of carbonyl (C=O) groups is 1. The summed E-state index contributed by atoms with van der Waals surface area (Å²) in [6.07, 6.45) is 5.21. The number of rotatable bonds is 5. The quantitative estimate of drug-likeness (QED) is 0.324. The van der Waals surface area contributed by atoms with Crippen LogP contribution in [0.3, 0.4) is 0 Å². The first kappa shape index (κ1) is 12.2. The minimum atomic E-state index is -0.321. The van der Waals surface area contributed by atoms with Gasteiger partial charge in [0.15, 0.2) is 0 Å². The van der Waals surface area contributed by atoms with Crippen molar-refractivity contribution in [3.8, 4) is 0 Å². The van der Waals surface area contributed by atoms with Gasteiger partial charge in [-0.05, 0) is 39.0 Å². The van der Waals surface area contributed by atoms with Crippen LogP contribution >= 0.6 is 11.6 Å². The molecular weight excluding hydrogens is 228 g/mol. The van der Waals surface area contributed by atoms with E-state index in [0.29, 0.717) is 24.7 Å². The van der Waals surface area contributed by atoms with E-state index in [0.717, 1.165) is 32.1 Å². The second-order valence-electron chi connectivity index (χ2n) is 5.05. The molecule has 0 aromatic carbocycles. The van der Waals surface area contributed by atoms with E-state index in [-0.39, 0.29) is 11.4 Å². The van der Waals surface area contributed by atoms with Gasteiger partial charge in [-0.25, -0.2) is 0 Å². The number of hydrogen-bond acceptors (Lipinski definition) is 3. The molecule has 92 valence electrons. The molecule has 4 heteroatoms.